The number of nitrogens with zero attached hydrogens (tertiary/aromatic N) is 2. The van der Waals surface area contributed by atoms with E-state index in [1.807, 2.05) is 13.8 Å². The highest BCUT2D eigenvalue weighted by Crippen LogP contribution is 2.35. The van der Waals surface area contributed by atoms with Crippen molar-refractivity contribution in [1.82, 2.24) is 15.1 Å². The summed E-state index contributed by atoms with van der Waals surface area (Å²) in [7, 11) is -10.1. The fraction of sp³-hybridized carbons (Fsp3) is 0.267. The number of amides is 1. The van der Waals surface area contributed by atoms with Gasteiger partial charge >= 0.3 is 23.4 Å². The van der Waals surface area contributed by atoms with Crippen molar-refractivity contribution in [2.75, 3.05) is 6.26 Å². The number of nitrogens with one attached hydrogen (secondary N) is 1. The Kier molecular flexibility index (Phi) is 10.5. The Hall–Kier alpha value is -4.19. The number of hydrogen-bond donors (Lipinski definition) is 3. The van der Waals surface area contributed by atoms with E-state index >= 15 is 0 Å². The first-order valence-electron chi connectivity index (χ1n) is 14.1. The lowest BCUT2D eigenvalue weighted by molar-refractivity contribution is -0.137. The number of aromatic nitrogens is 2. The molecule has 3 aromatic carbocycles. The molecule has 47 heavy (non-hydrogen) atoms. The molecule has 1 amide bonds. The molecule has 11 nitrogen and oxygen atoms in total. The summed E-state index contributed by atoms with van der Waals surface area (Å²) in [6.07, 6.45) is -3.48. The largest absolute Gasteiger partial charge is 0.475 e. The number of benzene rings is 3. The Balaban J connectivity index is 1.75. The van der Waals surface area contributed by atoms with Crippen LogP contribution in [0.5, 0.6) is 5.75 Å². The first-order valence-corrected chi connectivity index (χ1v) is 17.4. The van der Waals surface area contributed by atoms with E-state index in [4.69, 9.17) is 4.18 Å². The highest BCUT2D eigenvalue weighted by Gasteiger charge is 2.32. The molecule has 4 rings (SSSR count). The Morgan fingerprint density at radius 3 is 2.21 bits per heavy atom. The molecule has 0 aliphatic heterocycles. The second kappa shape index (κ2) is 13.9. The van der Waals surface area contributed by atoms with Gasteiger partial charge in [-0.05, 0) is 66.4 Å². The maximum absolute atomic E-state index is 13.3. The van der Waals surface area contributed by atoms with Gasteiger partial charge in [-0.2, -0.15) is 26.7 Å². The van der Waals surface area contributed by atoms with Crippen LogP contribution in [0.1, 0.15) is 25.8 Å². The third-order valence-corrected chi connectivity index (χ3v) is 9.25. The molecule has 0 saturated carbocycles. The van der Waals surface area contributed by atoms with Crippen molar-refractivity contribution >= 4 is 33.0 Å². The number of carbonyl (C=O) groups excluding carboxylic acids is 1. The molecule has 1 heterocycles. The molecule has 4 aromatic rings. The van der Waals surface area contributed by atoms with Gasteiger partial charge in [-0.15, -0.1) is 0 Å². The average molecular weight is 694 g/mol. The lowest BCUT2D eigenvalue weighted by atomic mass is 9.75. The molecular formula is C30H31BF3N3O8S2. The molecule has 17 heteroatoms. The second-order valence-electron chi connectivity index (χ2n) is 11.1. The van der Waals surface area contributed by atoms with Crippen LogP contribution in [0.3, 0.4) is 0 Å². The lowest BCUT2D eigenvalue weighted by Crippen LogP contribution is -2.48. The summed E-state index contributed by atoms with van der Waals surface area (Å²) in [6.45, 7) is 3.24. The van der Waals surface area contributed by atoms with Crippen LogP contribution in [0, 0.1) is 5.92 Å². The van der Waals surface area contributed by atoms with Crippen molar-refractivity contribution in [1.29, 1.82) is 0 Å². The standard InChI is InChI=1S/C30H31BF3N3O8S2/c1-19(2)15-28(31(39)40)35-29(38)18-37-26(20-11-13-22(14-12-20)46(3,41)42)17-25(36-37)24-9-4-5-10-27(24)45-47(43,44)23-8-6-7-21(16-23)30(32,33)34/h4-14,16-17,19,28,39-40H,15,18H2,1-3H3,(H,35,38)/t28-/m0/s1. The van der Waals surface area contributed by atoms with Crippen molar-refractivity contribution in [3.63, 3.8) is 0 Å². The number of rotatable bonds is 12. The van der Waals surface area contributed by atoms with E-state index in [0.717, 1.165) is 24.5 Å². The topological polar surface area (TPSA) is 165 Å². The Morgan fingerprint density at radius 1 is 0.957 bits per heavy atom. The summed E-state index contributed by atoms with van der Waals surface area (Å²) < 4.78 is 96.5. The number of alkyl halides is 3. The second-order valence-corrected chi connectivity index (χ2v) is 14.7. The summed E-state index contributed by atoms with van der Waals surface area (Å²) in [5.74, 6) is -1.86. The third-order valence-electron chi connectivity index (χ3n) is 6.90. The summed E-state index contributed by atoms with van der Waals surface area (Å²) in [5, 5.41) is 26.6. The van der Waals surface area contributed by atoms with Gasteiger partial charge in [0.25, 0.3) is 0 Å². The van der Waals surface area contributed by atoms with Crippen molar-refractivity contribution in [3.05, 3.63) is 84.4 Å². The van der Waals surface area contributed by atoms with Crippen LogP contribution in [0.25, 0.3) is 22.5 Å². The zero-order valence-electron chi connectivity index (χ0n) is 25.3. The zero-order valence-corrected chi connectivity index (χ0v) is 27.0. The Labute approximate surface area is 270 Å². The minimum absolute atomic E-state index is 0.0195. The van der Waals surface area contributed by atoms with Crippen molar-refractivity contribution in [2.45, 2.75) is 48.7 Å². The molecule has 0 radical (unpaired) electrons. The normalized spacial score (nSPS) is 13.0. The van der Waals surface area contributed by atoms with Gasteiger partial charge in [0.1, 0.15) is 11.4 Å². The minimum atomic E-state index is -4.79. The Bertz CT molecular complexity index is 1960. The summed E-state index contributed by atoms with van der Waals surface area (Å²) >= 11 is 0. The van der Waals surface area contributed by atoms with Crippen LogP contribution in [-0.4, -0.2) is 61.9 Å². The summed E-state index contributed by atoms with van der Waals surface area (Å²) in [6, 6.07) is 16.0. The van der Waals surface area contributed by atoms with Crippen LogP contribution in [0.2, 0.25) is 0 Å². The molecule has 0 bridgehead atoms. The molecule has 1 aromatic heterocycles. The van der Waals surface area contributed by atoms with Crippen LogP contribution in [0.15, 0.2) is 88.7 Å². The number of halogens is 3. The fourth-order valence-corrected chi connectivity index (χ4v) is 6.30. The van der Waals surface area contributed by atoms with E-state index in [9.17, 15) is 44.8 Å². The van der Waals surface area contributed by atoms with E-state index in [1.54, 1.807) is 6.07 Å². The predicted octanol–water partition coefficient (Wildman–Crippen LogP) is 3.95. The maximum atomic E-state index is 13.3. The number of sulfone groups is 1. The zero-order chi connectivity index (χ0) is 34.7. The molecule has 0 spiro atoms. The quantitative estimate of drug-likeness (QED) is 0.147. The van der Waals surface area contributed by atoms with Crippen molar-refractivity contribution in [2.24, 2.45) is 5.92 Å². The predicted molar refractivity (Wildman–Crippen MR) is 167 cm³/mol. The smallest absolute Gasteiger partial charge is 0.426 e. The van der Waals surface area contributed by atoms with Gasteiger partial charge in [0, 0.05) is 11.8 Å². The monoisotopic (exact) mass is 693 g/mol. The molecule has 0 aliphatic carbocycles. The van der Waals surface area contributed by atoms with Crippen LogP contribution in [-0.2, 0) is 37.5 Å². The van der Waals surface area contributed by atoms with Gasteiger partial charge in [0.2, 0.25) is 5.91 Å². The van der Waals surface area contributed by atoms with E-state index < -0.39 is 62.1 Å². The third kappa shape index (κ3) is 9.00. The lowest BCUT2D eigenvalue weighted by Gasteiger charge is -2.20. The van der Waals surface area contributed by atoms with Crippen molar-refractivity contribution < 1.29 is 49.0 Å². The van der Waals surface area contributed by atoms with Crippen LogP contribution >= 0.6 is 0 Å². The number of carbonyl (C=O) groups is 1. The Morgan fingerprint density at radius 2 is 1.62 bits per heavy atom. The van der Waals surface area contributed by atoms with E-state index in [0.29, 0.717) is 17.3 Å². The first-order chi connectivity index (χ1) is 21.8. The van der Waals surface area contributed by atoms with Crippen LogP contribution < -0.4 is 9.50 Å². The van der Waals surface area contributed by atoms with E-state index in [2.05, 4.69) is 10.4 Å². The molecule has 3 N–H and O–H groups in total. The SMILES string of the molecule is CC(C)C[C@H](NC(=O)Cn1nc(-c2ccccc2OS(=O)(=O)c2cccc(C(F)(F)F)c2)cc1-c1ccc(S(C)(=O)=O)cc1)B(O)O. The fourth-order valence-electron chi connectivity index (χ4n) is 4.67. The summed E-state index contributed by atoms with van der Waals surface area (Å²) in [4.78, 5) is 12.4. The molecule has 1 atom stereocenters. The van der Waals surface area contributed by atoms with E-state index in [-0.39, 0.29) is 34.2 Å². The molecule has 250 valence electrons. The van der Waals surface area contributed by atoms with Gasteiger partial charge < -0.3 is 19.5 Å². The van der Waals surface area contributed by atoms with Gasteiger partial charge in [0.15, 0.2) is 15.6 Å². The first kappa shape index (κ1) is 35.7. The van der Waals surface area contributed by atoms with Crippen molar-refractivity contribution in [3.8, 4) is 28.3 Å². The summed E-state index contributed by atoms with van der Waals surface area (Å²) in [5.41, 5.74) is -0.227. The van der Waals surface area contributed by atoms with Gasteiger partial charge in [0.05, 0.1) is 27.8 Å². The molecule has 0 fully saturated rings. The molecule has 0 saturated heterocycles. The number of para-hydroxylation sites is 1. The van der Waals surface area contributed by atoms with Crippen LogP contribution in [0.4, 0.5) is 13.2 Å². The van der Waals surface area contributed by atoms with Gasteiger partial charge in [-0.1, -0.05) is 44.2 Å². The van der Waals surface area contributed by atoms with E-state index in [1.165, 1.54) is 53.2 Å². The van der Waals surface area contributed by atoms with Gasteiger partial charge in [-0.25, -0.2) is 8.42 Å². The molecular weight excluding hydrogens is 662 g/mol. The highest BCUT2D eigenvalue weighted by atomic mass is 32.2. The maximum Gasteiger partial charge on any atom is 0.475 e. The molecule has 0 unspecified atom stereocenters. The minimum Gasteiger partial charge on any atom is -0.426 e. The average Bonchev–Trinajstić information content (AvgIpc) is 3.39. The highest BCUT2D eigenvalue weighted by molar-refractivity contribution is 7.90. The van der Waals surface area contributed by atoms with Gasteiger partial charge in [-0.3, -0.25) is 9.48 Å². The molecule has 0 aliphatic rings. The number of hydrogen-bond acceptors (Lipinski definition) is 9.